The first kappa shape index (κ1) is 26.8. The number of anilines is 2. The van der Waals surface area contributed by atoms with Crippen molar-refractivity contribution in [1.82, 2.24) is 34.3 Å². The minimum atomic E-state index is -0.103. The Bertz CT molecular complexity index is 1330. The molecule has 206 valence electrons. The van der Waals surface area contributed by atoms with Crippen LogP contribution in [0.3, 0.4) is 0 Å². The molecule has 1 aliphatic heterocycles. The highest BCUT2D eigenvalue weighted by Crippen LogP contribution is 2.28. The number of benzene rings is 1. The predicted octanol–water partition coefficient (Wildman–Crippen LogP) is 2.81. The quantitative estimate of drug-likeness (QED) is 0.418. The van der Waals surface area contributed by atoms with Crippen LogP contribution in [0, 0.1) is 11.3 Å². The molecule has 11 heteroatoms. The molecule has 2 aliphatic rings. The van der Waals surface area contributed by atoms with E-state index in [1.807, 2.05) is 36.9 Å². The van der Waals surface area contributed by atoms with Crippen LogP contribution < -0.4 is 10.3 Å². The number of fused-ring (bicyclic) bond motifs is 1. The molecular weight excluding hydrogens is 492 g/mol. The largest absolute Gasteiger partial charge is 0.369 e. The van der Waals surface area contributed by atoms with Gasteiger partial charge in [-0.25, -0.2) is 9.99 Å². The van der Waals surface area contributed by atoms with E-state index in [0.29, 0.717) is 22.5 Å². The Balaban J connectivity index is 1.44. The monoisotopic (exact) mass is 530 g/mol. The van der Waals surface area contributed by atoms with E-state index in [4.69, 9.17) is 0 Å². The van der Waals surface area contributed by atoms with Gasteiger partial charge >= 0.3 is 0 Å². The molecule has 39 heavy (non-hydrogen) atoms. The Morgan fingerprint density at radius 3 is 2.64 bits per heavy atom. The van der Waals surface area contributed by atoms with Crippen molar-refractivity contribution in [3.05, 3.63) is 42.0 Å². The molecule has 1 saturated carbocycles. The number of hydrazine groups is 1. The normalized spacial score (nSPS) is 16.6. The van der Waals surface area contributed by atoms with E-state index in [2.05, 4.69) is 54.3 Å². The Hall–Kier alpha value is -3.75. The molecule has 5 rings (SSSR count). The fraction of sp³-hybridized carbons (Fsp3) is 0.536. The molecule has 1 amide bonds. The first-order chi connectivity index (χ1) is 18.9. The molecule has 1 aromatic carbocycles. The summed E-state index contributed by atoms with van der Waals surface area (Å²) in [4.78, 5) is 34.3. The van der Waals surface area contributed by atoms with Crippen molar-refractivity contribution in [2.24, 2.45) is 0 Å². The second kappa shape index (κ2) is 12.0. The number of imidazole rings is 1. The smallest absolute Gasteiger partial charge is 0.272 e. The van der Waals surface area contributed by atoms with E-state index in [9.17, 15) is 10.1 Å². The van der Waals surface area contributed by atoms with Gasteiger partial charge < -0.3 is 19.3 Å². The molecule has 1 N–H and O–H groups in total. The standard InChI is InChI=1S/C28H38N10O/c1-34(2)12-7-13-37-20-30-25-26(31-24(19-29)32-27(25)37)33-38(22-9-4-5-10-22)28(39)21-8-6-11-23(18-21)36-16-14-35(3)15-17-36/h6,8,11,18,20,22H,4-5,7,9-10,12-17H2,1-3H3,(H,31,32,33). The number of hydrogen-bond acceptors (Lipinski definition) is 9. The summed E-state index contributed by atoms with van der Waals surface area (Å²) in [6.07, 6.45) is 6.62. The summed E-state index contributed by atoms with van der Waals surface area (Å²) in [6.45, 7) is 5.53. The maximum Gasteiger partial charge on any atom is 0.272 e. The van der Waals surface area contributed by atoms with Crippen molar-refractivity contribution in [2.45, 2.75) is 44.7 Å². The summed E-state index contributed by atoms with van der Waals surface area (Å²) >= 11 is 0. The number of nitrogens with one attached hydrogen (secondary N) is 1. The Morgan fingerprint density at radius 2 is 1.92 bits per heavy atom. The fourth-order valence-electron chi connectivity index (χ4n) is 5.42. The third-order valence-electron chi connectivity index (χ3n) is 7.66. The van der Waals surface area contributed by atoms with Crippen LogP contribution in [-0.4, -0.2) is 100 Å². The van der Waals surface area contributed by atoms with Crippen LogP contribution in [0.1, 0.15) is 48.3 Å². The van der Waals surface area contributed by atoms with Crippen molar-refractivity contribution in [1.29, 1.82) is 5.26 Å². The number of nitriles is 1. The van der Waals surface area contributed by atoms with Gasteiger partial charge in [0.1, 0.15) is 6.07 Å². The molecule has 2 aromatic heterocycles. The zero-order valence-electron chi connectivity index (χ0n) is 23.2. The van der Waals surface area contributed by atoms with Crippen LogP contribution in [-0.2, 0) is 6.54 Å². The van der Waals surface area contributed by atoms with E-state index in [0.717, 1.165) is 77.1 Å². The first-order valence-electron chi connectivity index (χ1n) is 13.8. The van der Waals surface area contributed by atoms with Gasteiger partial charge in [0, 0.05) is 44.0 Å². The SMILES string of the molecule is CN(C)CCCn1cnc2c(NN(C(=O)c3cccc(N4CCN(C)CC4)c3)C3CCCC3)nc(C#N)nc21. The van der Waals surface area contributed by atoms with Crippen molar-refractivity contribution < 1.29 is 4.79 Å². The van der Waals surface area contributed by atoms with Gasteiger partial charge in [-0.2, -0.15) is 15.2 Å². The zero-order valence-corrected chi connectivity index (χ0v) is 23.2. The maximum atomic E-state index is 14.0. The van der Waals surface area contributed by atoms with E-state index in [1.165, 1.54) is 0 Å². The molecule has 0 unspecified atom stereocenters. The average Bonchev–Trinajstić information content (AvgIpc) is 3.62. The molecule has 1 saturated heterocycles. The van der Waals surface area contributed by atoms with Crippen molar-refractivity contribution in [3.63, 3.8) is 0 Å². The minimum absolute atomic E-state index is 0.0301. The van der Waals surface area contributed by atoms with Gasteiger partial charge in [-0.3, -0.25) is 10.2 Å². The third-order valence-corrected chi connectivity index (χ3v) is 7.66. The second-order valence-corrected chi connectivity index (χ2v) is 10.8. The average molecular weight is 531 g/mol. The molecule has 3 aromatic rings. The van der Waals surface area contributed by atoms with Gasteiger partial charge in [0.25, 0.3) is 5.91 Å². The zero-order chi connectivity index (χ0) is 27.4. The number of amides is 1. The lowest BCUT2D eigenvalue weighted by Gasteiger charge is -2.34. The number of aryl methyl sites for hydroxylation is 1. The number of likely N-dealkylation sites (N-methyl/N-ethyl adjacent to an activating group) is 1. The van der Waals surface area contributed by atoms with Gasteiger partial charge in [-0.15, -0.1) is 0 Å². The lowest BCUT2D eigenvalue weighted by atomic mass is 10.1. The highest BCUT2D eigenvalue weighted by Gasteiger charge is 2.30. The number of hydrogen-bond donors (Lipinski definition) is 1. The molecule has 0 bridgehead atoms. The number of piperazine rings is 1. The molecule has 11 nitrogen and oxygen atoms in total. The second-order valence-electron chi connectivity index (χ2n) is 10.8. The lowest BCUT2D eigenvalue weighted by molar-refractivity contribution is 0.0732. The summed E-state index contributed by atoms with van der Waals surface area (Å²) in [7, 11) is 6.22. The highest BCUT2D eigenvalue weighted by atomic mass is 16.2. The fourth-order valence-corrected chi connectivity index (χ4v) is 5.42. The van der Waals surface area contributed by atoms with E-state index in [-0.39, 0.29) is 17.8 Å². The molecule has 1 aliphatic carbocycles. The Kier molecular flexibility index (Phi) is 8.24. The molecular formula is C28H38N10O. The van der Waals surface area contributed by atoms with Crippen LogP contribution in [0.15, 0.2) is 30.6 Å². The van der Waals surface area contributed by atoms with Crippen LogP contribution in [0.2, 0.25) is 0 Å². The summed E-state index contributed by atoms with van der Waals surface area (Å²) in [6, 6.07) is 10.0. The van der Waals surface area contributed by atoms with Crippen molar-refractivity contribution >= 4 is 28.6 Å². The predicted molar refractivity (Wildman–Crippen MR) is 151 cm³/mol. The number of rotatable bonds is 9. The van der Waals surface area contributed by atoms with Gasteiger partial charge in [-0.1, -0.05) is 18.9 Å². The topological polar surface area (TPSA) is 109 Å². The Morgan fingerprint density at radius 1 is 1.15 bits per heavy atom. The van der Waals surface area contributed by atoms with Crippen LogP contribution in [0.4, 0.5) is 11.5 Å². The van der Waals surface area contributed by atoms with E-state index >= 15 is 0 Å². The highest BCUT2D eigenvalue weighted by molar-refractivity contribution is 5.97. The molecule has 2 fully saturated rings. The summed E-state index contributed by atoms with van der Waals surface area (Å²) < 4.78 is 1.95. The Labute approximate surface area is 230 Å². The third kappa shape index (κ3) is 6.13. The lowest BCUT2D eigenvalue weighted by Crippen LogP contribution is -2.45. The van der Waals surface area contributed by atoms with Crippen molar-refractivity contribution in [3.8, 4) is 6.07 Å². The van der Waals surface area contributed by atoms with Crippen LogP contribution in [0.25, 0.3) is 11.2 Å². The number of aromatic nitrogens is 4. The summed E-state index contributed by atoms with van der Waals surface area (Å²) in [5.41, 5.74) is 6.15. The van der Waals surface area contributed by atoms with Gasteiger partial charge in [-0.05, 0) is 65.1 Å². The number of nitrogens with zero attached hydrogens (tertiary/aromatic N) is 9. The van der Waals surface area contributed by atoms with Crippen LogP contribution in [0.5, 0.6) is 0 Å². The van der Waals surface area contributed by atoms with Crippen LogP contribution >= 0.6 is 0 Å². The first-order valence-corrected chi connectivity index (χ1v) is 13.8. The van der Waals surface area contributed by atoms with Gasteiger partial charge in [0.15, 0.2) is 17.0 Å². The van der Waals surface area contributed by atoms with Gasteiger partial charge in [0.2, 0.25) is 5.82 Å². The minimum Gasteiger partial charge on any atom is -0.369 e. The maximum absolute atomic E-state index is 14.0. The van der Waals surface area contributed by atoms with Crippen molar-refractivity contribution in [2.75, 3.05) is 64.2 Å². The molecule has 0 radical (unpaired) electrons. The molecule has 0 atom stereocenters. The summed E-state index contributed by atoms with van der Waals surface area (Å²) in [5.74, 6) is 0.335. The van der Waals surface area contributed by atoms with E-state index < -0.39 is 0 Å². The number of carbonyl (C=O) groups is 1. The summed E-state index contributed by atoms with van der Waals surface area (Å²) in [5, 5.41) is 11.4. The number of carbonyl (C=O) groups excluding carboxylic acids is 1. The molecule has 3 heterocycles. The van der Waals surface area contributed by atoms with Gasteiger partial charge in [0.05, 0.1) is 12.4 Å². The molecule has 0 spiro atoms. The van der Waals surface area contributed by atoms with E-state index in [1.54, 1.807) is 11.3 Å².